The molecule has 0 bridgehead atoms. The monoisotopic (exact) mass is 374 g/mol. The summed E-state index contributed by atoms with van der Waals surface area (Å²) in [6, 6.07) is 25.5. The Hall–Kier alpha value is -3.31. The lowest BCUT2D eigenvalue weighted by Gasteiger charge is -2.07. The third kappa shape index (κ3) is 4.27. The summed E-state index contributed by atoms with van der Waals surface area (Å²) in [4.78, 5) is 4.66. The highest BCUT2D eigenvalue weighted by Gasteiger charge is 2.06. The van der Waals surface area contributed by atoms with Gasteiger partial charge in [-0.25, -0.2) is 4.98 Å². The van der Waals surface area contributed by atoms with Crippen LogP contribution in [0.5, 0.6) is 17.2 Å². The lowest BCUT2D eigenvalue weighted by atomic mass is 10.2. The molecule has 0 atom stereocenters. The molecule has 4 rings (SSSR count). The lowest BCUT2D eigenvalue weighted by molar-refractivity contribution is 0.415. The van der Waals surface area contributed by atoms with E-state index < -0.39 is 0 Å². The Morgan fingerprint density at radius 3 is 2.33 bits per heavy atom. The number of hydrogen-bond donors (Lipinski definition) is 1. The summed E-state index contributed by atoms with van der Waals surface area (Å²) in [6.07, 6.45) is 0. The second kappa shape index (κ2) is 7.93. The van der Waals surface area contributed by atoms with Gasteiger partial charge in [-0.15, -0.1) is 11.3 Å². The van der Waals surface area contributed by atoms with E-state index in [1.165, 1.54) is 0 Å². The van der Waals surface area contributed by atoms with Crippen LogP contribution >= 0.6 is 11.3 Å². The van der Waals surface area contributed by atoms with Crippen LogP contribution in [-0.4, -0.2) is 12.1 Å². The minimum atomic E-state index is 0.794. The van der Waals surface area contributed by atoms with Crippen molar-refractivity contribution in [2.45, 2.75) is 0 Å². The molecule has 134 valence electrons. The van der Waals surface area contributed by atoms with Crippen molar-refractivity contribution in [2.24, 2.45) is 0 Å². The van der Waals surface area contributed by atoms with Crippen LogP contribution < -0.4 is 14.8 Å². The van der Waals surface area contributed by atoms with E-state index in [0.717, 1.165) is 39.3 Å². The number of methoxy groups -OCH3 is 1. The van der Waals surface area contributed by atoms with Gasteiger partial charge in [-0.1, -0.05) is 30.3 Å². The minimum absolute atomic E-state index is 0.794. The Morgan fingerprint density at radius 2 is 1.56 bits per heavy atom. The second-order valence-electron chi connectivity index (χ2n) is 5.83. The molecular formula is C22H18N2O2S. The fourth-order valence-corrected chi connectivity index (χ4v) is 3.34. The zero-order valence-electron chi connectivity index (χ0n) is 14.8. The van der Waals surface area contributed by atoms with Crippen LogP contribution in [0, 0.1) is 0 Å². The molecule has 0 spiro atoms. The number of hydrogen-bond acceptors (Lipinski definition) is 5. The maximum atomic E-state index is 5.81. The predicted molar refractivity (Wildman–Crippen MR) is 110 cm³/mol. The van der Waals surface area contributed by atoms with Crippen LogP contribution in [0.1, 0.15) is 0 Å². The predicted octanol–water partition coefficient (Wildman–Crippen LogP) is 6.35. The highest BCUT2D eigenvalue weighted by atomic mass is 32.1. The van der Waals surface area contributed by atoms with E-state index in [9.17, 15) is 0 Å². The maximum absolute atomic E-state index is 5.81. The van der Waals surface area contributed by atoms with Crippen LogP contribution in [0.3, 0.4) is 0 Å². The number of benzene rings is 3. The highest BCUT2D eigenvalue weighted by Crippen LogP contribution is 2.30. The molecule has 0 unspecified atom stereocenters. The van der Waals surface area contributed by atoms with E-state index in [2.05, 4.69) is 10.3 Å². The van der Waals surface area contributed by atoms with Gasteiger partial charge in [-0.2, -0.15) is 0 Å². The molecule has 4 aromatic rings. The van der Waals surface area contributed by atoms with Gasteiger partial charge in [0.2, 0.25) is 0 Å². The Kier molecular flexibility index (Phi) is 5.03. The van der Waals surface area contributed by atoms with Gasteiger partial charge in [0, 0.05) is 16.6 Å². The van der Waals surface area contributed by atoms with Crippen LogP contribution in [0.2, 0.25) is 0 Å². The SMILES string of the molecule is COc1cccc(-c2csc(Nc3ccc(Oc4ccccc4)cc3)n2)c1. The summed E-state index contributed by atoms with van der Waals surface area (Å²) in [5, 5.41) is 6.20. The van der Waals surface area contributed by atoms with Crippen LogP contribution in [0.25, 0.3) is 11.3 Å². The summed E-state index contributed by atoms with van der Waals surface area (Å²) < 4.78 is 11.1. The molecule has 0 aliphatic heterocycles. The number of ether oxygens (including phenoxy) is 2. The van der Waals surface area contributed by atoms with E-state index >= 15 is 0 Å². The number of rotatable bonds is 6. The Bertz CT molecular complexity index is 1010. The van der Waals surface area contributed by atoms with Crippen molar-refractivity contribution in [2.75, 3.05) is 12.4 Å². The standard InChI is InChI=1S/C22H18N2O2S/c1-25-20-9-5-6-16(14-20)21-15-27-22(24-21)23-17-10-12-19(13-11-17)26-18-7-3-2-4-8-18/h2-15H,1H3,(H,23,24). The quantitative estimate of drug-likeness (QED) is 0.427. The fourth-order valence-electron chi connectivity index (χ4n) is 2.60. The van der Waals surface area contributed by atoms with Crippen molar-refractivity contribution in [1.29, 1.82) is 0 Å². The molecule has 5 heteroatoms. The molecule has 0 saturated carbocycles. The molecular weight excluding hydrogens is 356 g/mol. The number of anilines is 2. The van der Waals surface area contributed by atoms with Gasteiger partial charge in [-0.05, 0) is 48.5 Å². The molecule has 1 N–H and O–H groups in total. The van der Waals surface area contributed by atoms with Gasteiger partial charge in [0.25, 0.3) is 0 Å². The maximum Gasteiger partial charge on any atom is 0.187 e. The van der Waals surface area contributed by atoms with Gasteiger partial charge >= 0.3 is 0 Å². The van der Waals surface area contributed by atoms with Gasteiger partial charge in [0.05, 0.1) is 12.8 Å². The second-order valence-corrected chi connectivity index (χ2v) is 6.69. The molecule has 0 amide bonds. The van der Waals surface area contributed by atoms with Gasteiger partial charge in [0.1, 0.15) is 17.2 Å². The summed E-state index contributed by atoms with van der Waals surface area (Å²) in [5.41, 5.74) is 2.91. The van der Waals surface area contributed by atoms with E-state index in [1.807, 2.05) is 84.2 Å². The molecule has 0 aliphatic carbocycles. The summed E-state index contributed by atoms with van der Waals surface area (Å²) in [7, 11) is 1.66. The molecule has 27 heavy (non-hydrogen) atoms. The molecule has 1 aromatic heterocycles. The molecule has 1 heterocycles. The van der Waals surface area contributed by atoms with E-state index in [-0.39, 0.29) is 0 Å². The first-order valence-electron chi connectivity index (χ1n) is 8.50. The van der Waals surface area contributed by atoms with Crippen LogP contribution in [0.4, 0.5) is 10.8 Å². The van der Waals surface area contributed by atoms with E-state index in [1.54, 1.807) is 18.4 Å². The number of nitrogens with zero attached hydrogens (tertiary/aromatic N) is 1. The highest BCUT2D eigenvalue weighted by molar-refractivity contribution is 7.14. The van der Waals surface area contributed by atoms with Gasteiger partial charge in [-0.3, -0.25) is 0 Å². The summed E-state index contributed by atoms with van der Waals surface area (Å²) >= 11 is 1.57. The zero-order chi connectivity index (χ0) is 18.5. The summed E-state index contributed by atoms with van der Waals surface area (Å²) in [5.74, 6) is 2.44. The number of thiazole rings is 1. The van der Waals surface area contributed by atoms with Crippen LogP contribution in [0.15, 0.2) is 84.2 Å². The van der Waals surface area contributed by atoms with E-state index in [4.69, 9.17) is 9.47 Å². The van der Waals surface area contributed by atoms with Crippen molar-refractivity contribution in [1.82, 2.24) is 4.98 Å². The molecule has 0 radical (unpaired) electrons. The molecule has 0 aliphatic rings. The topological polar surface area (TPSA) is 43.4 Å². The van der Waals surface area contributed by atoms with E-state index in [0.29, 0.717) is 0 Å². The molecule has 4 nitrogen and oxygen atoms in total. The van der Waals surface area contributed by atoms with Crippen molar-refractivity contribution in [3.05, 3.63) is 84.2 Å². The molecule has 0 saturated heterocycles. The Labute approximate surface area is 162 Å². The average Bonchev–Trinajstić information content (AvgIpc) is 3.19. The third-order valence-electron chi connectivity index (χ3n) is 3.95. The Balaban J connectivity index is 1.44. The fraction of sp³-hybridized carbons (Fsp3) is 0.0455. The lowest BCUT2D eigenvalue weighted by Crippen LogP contribution is -1.90. The minimum Gasteiger partial charge on any atom is -0.497 e. The summed E-state index contributed by atoms with van der Waals surface area (Å²) in [6.45, 7) is 0. The molecule has 0 fully saturated rings. The average molecular weight is 374 g/mol. The van der Waals surface area contributed by atoms with Gasteiger partial charge in [0.15, 0.2) is 5.13 Å². The number of aromatic nitrogens is 1. The number of nitrogens with one attached hydrogen (secondary N) is 1. The first-order chi connectivity index (χ1) is 13.3. The van der Waals surface area contributed by atoms with Crippen LogP contribution in [-0.2, 0) is 0 Å². The zero-order valence-corrected chi connectivity index (χ0v) is 15.6. The number of para-hydroxylation sites is 1. The first kappa shape index (κ1) is 17.1. The van der Waals surface area contributed by atoms with Crippen molar-refractivity contribution in [3.8, 4) is 28.5 Å². The van der Waals surface area contributed by atoms with Crippen molar-refractivity contribution >= 4 is 22.2 Å². The normalized spacial score (nSPS) is 10.4. The smallest absolute Gasteiger partial charge is 0.187 e. The largest absolute Gasteiger partial charge is 0.497 e. The Morgan fingerprint density at radius 1 is 0.815 bits per heavy atom. The van der Waals surface area contributed by atoms with Crippen molar-refractivity contribution < 1.29 is 9.47 Å². The molecule has 3 aromatic carbocycles. The van der Waals surface area contributed by atoms with Crippen molar-refractivity contribution in [3.63, 3.8) is 0 Å². The first-order valence-corrected chi connectivity index (χ1v) is 9.38. The van der Waals surface area contributed by atoms with Gasteiger partial charge < -0.3 is 14.8 Å². The third-order valence-corrected chi connectivity index (χ3v) is 4.71.